The van der Waals surface area contributed by atoms with Crippen LogP contribution in [0.25, 0.3) is 0 Å². The van der Waals surface area contributed by atoms with Crippen molar-refractivity contribution in [2.24, 2.45) is 0 Å². The summed E-state index contributed by atoms with van der Waals surface area (Å²) in [6.45, 7) is 1.86. The van der Waals surface area contributed by atoms with Crippen LogP contribution in [-0.2, 0) is 0 Å². The highest BCUT2D eigenvalue weighted by molar-refractivity contribution is 6.33. The summed E-state index contributed by atoms with van der Waals surface area (Å²) in [6, 6.07) is 7.34. The Bertz CT molecular complexity index is 689. The number of hydrogen-bond acceptors (Lipinski definition) is 3. The lowest BCUT2D eigenvalue weighted by molar-refractivity contribution is 0.0698. The third kappa shape index (κ3) is 2.83. The van der Waals surface area contributed by atoms with Gasteiger partial charge in [0.05, 0.1) is 22.0 Å². The fourth-order valence-electron chi connectivity index (χ4n) is 1.75. The number of carboxylic acids is 1. The van der Waals surface area contributed by atoms with Gasteiger partial charge in [0, 0.05) is 5.69 Å². The Morgan fingerprint density at radius 3 is 2.65 bits per heavy atom. The van der Waals surface area contributed by atoms with Crippen molar-refractivity contribution in [3.05, 3.63) is 52.3 Å². The minimum Gasteiger partial charge on any atom is -0.478 e. The van der Waals surface area contributed by atoms with E-state index in [0.717, 1.165) is 17.7 Å². The molecule has 0 heterocycles. The largest absolute Gasteiger partial charge is 0.478 e. The molecule has 0 aliphatic rings. The smallest absolute Gasteiger partial charge is 0.337 e. The SMILES string of the molecule is Cc1ccc(Cl)c(Nc2cc(C(=O)O)c(N)cc2F)c1. The Morgan fingerprint density at radius 1 is 1.30 bits per heavy atom. The van der Waals surface area contributed by atoms with Gasteiger partial charge in [0.1, 0.15) is 5.82 Å². The molecule has 20 heavy (non-hydrogen) atoms. The molecule has 0 unspecified atom stereocenters. The van der Waals surface area contributed by atoms with Crippen LogP contribution < -0.4 is 11.1 Å². The van der Waals surface area contributed by atoms with Crippen LogP contribution >= 0.6 is 11.6 Å². The number of nitrogen functional groups attached to an aromatic ring is 1. The number of carbonyl (C=O) groups is 1. The van der Waals surface area contributed by atoms with Crippen molar-refractivity contribution in [2.75, 3.05) is 11.1 Å². The summed E-state index contributed by atoms with van der Waals surface area (Å²) in [4.78, 5) is 11.0. The first-order valence-electron chi connectivity index (χ1n) is 5.74. The molecule has 0 atom stereocenters. The molecule has 0 spiro atoms. The van der Waals surface area contributed by atoms with Crippen molar-refractivity contribution >= 4 is 34.6 Å². The van der Waals surface area contributed by atoms with Crippen molar-refractivity contribution in [1.82, 2.24) is 0 Å². The van der Waals surface area contributed by atoms with E-state index < -0.39 is 11.8 Å². The molecule has 0 bridgehead atoms. The predicted octanol–water partition coefficient (Wildman–Crippen LogP) is 3.81. The van der Waals surface area contributed by atoms with Crippen LogP contribution in [0.4, 0.5) is 21.5 Å². The van der Waals surface area contributed by atoms with Crippen molar-refractivity contribution < 1.29 is 14.3 Å². The second-order valence-corrected chi connectivity index (χ2v) is 4.74. The van der Waals surface area contributed by atoms with E-state index in [-0.39, 0.29) is 16.9 Å². The van der Waals surface area contributed by atoms with E-state index in [9.17, 15) is 9.18 Å². The lowest BCUT2D eigenvalue weighted by Gasteiger charge is -2.12. The molecule has 0 aliphatic heterocycles. The Kier molecular flexibility index (Phi) is 3.81. The van der Waals surface area contributed by atoms with Gasteiger partial charge in [0.25, 0.3) is 0 Å². The van der Waals surface area contributed by atoms with E-state index in [0.29, 0.717) is 10.7 Å². The number of carboxylic acid groups (broad SMARTS) is 1. The van der Waals surface area contributed by atoms with Gasteiger partial charge < -0.3 is 16.2 Å². The zero-order valence-corrected chi connectivity index (χ0v) is 11.3. The molecule has 104 valence electrons. The topological polar surface area (TPSA) is 75.3 Å². The lowest BCUT2D eigenvalue weighted by atomic mass is 10.1. The van der Waals surface area contributed by atoms with Gasteiger partial charge in [0.15, 0.2) is 0 Å². The molecular weight excluding hydrogens is 283 g/mol. The third-order valence-corrected chi connectivity index (χ3v) is 3.09. The van der Waals surface area contributed by atoms with E-state index >= 15 is 0 Å². The summed E-state index contributed by atoms with van der Waals surface area (Å²) < 4.78 is 13.8. The number of nitrogens with one attached hydrogen (secondary N) is 1. The summed E-state index contributed by atoms with van der Waals surface area (Å²) in [7, 11) is 0. The first-order chi connectivity index (χ1) is 9.38. The van der Waals surface area contributed by atoms with Crippen LogP contribution in [0.2, 0.25) is 5.02 Å². The van der Waals surface area contributed by atoms with Crippen LogP contribution in [0.15, 0.2) is 30.3 Å². The second-order valence-electron chi connectivity index (χ2n) is 4.33. The summed E-state index contributed by atoms with van der Waals surface area (Å²) in [6.07, 6.45) is 0. The second kappa shape index (κ2) is 5.38. The minimum absolute atomic E-state index is 0.00380. The van der Waals surface area contributed by atoms with E-state index in [2.05, 4.69) is 5.32 Å². The Morgan fingerprint density at radius 2 is 2.00 bits per heavy atom. The quantitative estimate of drug-likeness (QED) is 0.752. The number of aromatic carboxylic acids is 1. The van der Waals surface area contributed by atoms with Crippen molar-refractivity contribution in [3.63, 3.8) is 0 Å². The highest BCUT2D eigenvalue weighted by Gasteiger charge is 2.14. The highest BCUT2D eigenvalue weighted by Crippen LogP contribution is 2.30. The molecule has 2 aromatic rings. The molecule has 4 nitrogen and oxygen atoms in total. The van der Waals surface area contributed by atoms with Gasteiger partial charge in [-0.3, -0.25) is 0 Å². The van der Waals surface area contributed by atoms with Crippen LogP contribution in [0.1, 0.15) is 15.9 Å². The molecule has 0 saturated carbocycles. The summed E-state index contributed by atoms with van der Waals surface area (Å²) in [5.41, 5.74) is 6.60. The van der Waals surface area contributed by atoms with Gasteiger partial charge in [-0.05, 0) is 36.8 Å². The van der Waals surface area contributed by atoms with Gasteiger partial charge in [-0.15, -0.1) is 0 Å². The molecular formula is C14H12ClFN2O2. The average molecular weight is 295 g/mol. The number of halogens is 2. The van der Waals surface area contributed by atoms with Gasteiger partial charge in [-0.1, -0.05) is 17.7 Å². The number of anilines is 3. The van der Waals surface area contributed by atoms with Gasteiger partial charge in [-0.25, -0.2) is 9.18 Å². The van der Waals surface area contributed by atoms with Crippen LogP contribution in [0.5, 0.6) is 0 Å². The van der Waals surface area contributed by atoms with E-state index in [1.54, 1.807) is 12.1 Å². The van der Waals surface area contributed by atoms with Gasteiger partial charge in [0.2, 0.25) is 0 Å². The Balaban J connectivity index is 2.45. The molecule has 4 N–H and O–H groups in total. The number of benzene rings is 2. The lowest BCUT2D eigenvalue weighted by Crippen LogP contribution is -2.05. The van der Waals surface area contributed by atoms with Crippen molar-refractivity contribution in [1.29, 1.82) is 0 Å². The fraction of sp³-hybridized carbons (Fsp3) is 0.0714. The first kappa shape index (κ1) is 14.1. The summed E-state index contributed by atoms with van der Waals surface area (Å²) in [5, 5.41) is 12.2. The zero-order valence-electron chi connectivity index (χ0n) is 10.6. The maximum atomic E-state index is 13.8. The minimum atomic E-state index is -1.22. The molecule has 0 aromatic heterocycles. The molecule has 0 aliphatic carbocycles. The maximum absolute atomic E-state index is 13.8. The molecule has 0 saturated heterocycles. The summed E-state index contributed by atoms with van der Waals surface area (Å²) in [5.74, 6) is -1.87. The normalized spacial score (nSPS) is 10.3. The average Bonchev–Trinajstić information content (AvgIpc) is 2.36. The van der Waals surface area contributed by atoms with Gasteiger partial charge >= 0.3 is 5.97 Å². The Labute approximate surface area is 120 Å². The standard InChI is InChI=1S/C14H12ClFN2O2/c1-7-2-3-9(15)12(4-7)18-13-5-8(14(19)20)11(17)6-10(13)16/h2-6,18H,17H2,1H3,(H,19,20). The summed E-state index contributed by atoms with van der Waals surface area (Å²) >= 11 is 6.01. The number of aryl methyl sites for hydroxylation is 1. The fourth-order valence-corrected chi connectivity index (χ4v) is 1.91. The van der Waals surface area contributed by atoms with E-state index in [1.807, 2.05) is 13.0 Å². The van der Waals surface area contributed by atoms with E-state index in [1.165, 1.54) is 0 Å². The maximum Gasteiger partial charge on any atom is 0.337 e. The zero-order chi connectivity index (χ0) is 14.9. The highest BCUT2D eigenvalue weighted by atomic mass is 35.5. The third-order valence-electron chi connectivity index (χ3n) is 2.76. The van der Waals surface area contributed by atoms with Gasteiger partial charge in [-0.2, -0.15) is 0 Å². The van der Waals surface area contributed by atoms with Crippen LogP contribution in [0, 0.1) is 12.7 Å². The Hall–Kier alpha value is -2.27. The molecule has 6 heteroatoms. The number of nitrogens with two attached hydrogens (primary N) is 1. The van der Waals surface area contributed by atoms with E-state index in [4.69, 9.17) is 22.4 Å². The molecule has 0 amide bonds. The molecule has 0 fully saturated rings. The number of hydrogen-bond donors (Lipinski definition) is 3. The molecule has 2 aromatic carbocycles. The van der Waals surface area contributed by atoms with Crippen LogP contribution in [-0.4, -0.2) is 11.1 Å². The van der Waals surface area contributed by atoms with Crippen molar-refractivity contribution in [2.45, 2.75) is 6.92 Å². The molecule has 2 rings (SSSR count). The predicted molar refractivity (Wildman–Crippen MR) is 77.2 cm³/mol. The first-order valence-corrected chi connectivity index (χ1v) is 6.12. The van der Waals surface area contributed by atoms with Crippen molar-refractivity contribution in [3.8, 4) is 0 Å². The molecule has 0 radical (unpaired) electrons. The number of rotatable bonds is 3. The monoisotopic (exact) mass is 294 g/mol. The van der Waals surface area contributed by atoms with Crippen LogP contribution in [0.3, 0.4) is 0 Å².